The molecule has 0 unspecified atom stereocenters. The molecule has 31 heavy (non-hydrogen) atoms. The molecule has 5 nitrogen and oxygen atoms in total. The number of aryl methyl sites for hydroxylation is 1. The summed E-state index contributed by atoms with van der Waals surface area (Å²) in [5.41, 5.74) is 2.89. The molecule has 0 heterocycles. The van der Waals surface area contributed by atoms with Crippen molar-refractivity contribution in [1.29, 1.82) is 0 Å². The fourth-order valence-electron chi connectivity index (χ4n) is 2.97. The Morgan fingerprint density at radius 3 is 2.39 bits per heavy atom. The number of anilines is 2. The first-order valence-corrected chi connectivity index (χ1v) is 10.7. The van der Waals surface area contributed by atoms with Crippen molar-refractivity contribution in [1.82, 2.24) is 5.32 Å². The minimum absolute atomic E-state index is 0.182. The second-order valence-corrected chi connectivity index (χ2v) is 7.96. The van der Waals surface area contributed by atoms with E-state index in [4.69, 9.17) is 0 Å². The molecule has 0 atom stereocenters. The molecule has 160 valence electrons. The number of nitrogens with one attached hydrogen (secondary N) is 2. The third-order valence-electron chi connectivity index (χ3n) is 4.62. The number of rotatable bonds is 7. The van der Waals surface area contributed by atoms with Gasteiger partial charge < -0.3 is 10.6 Å². The lowest BCUT2D eigenvalue weighted by Gasteiger charge is -2.23. The minimum atomic E-state index is -0.371. The van der Waals surface area contributed by atoms with E-state index in [1.54, 1.807) is 30.3 Å². The van der Waals surface area contributed by atoms with Crippen LogP contribution in [0.1, 0.15) is 22.3 Å². The summed E-state index contributed by atoms with van der Waals surface area (Å²) in [6, 6.07) is 20.0. The van der Waals surface area contributed by atoms with Crippen molar-refractivity contribution in [2.24, 2.45) is 0 Å². The van der Waals surface area contributed by atoms with Crippen LogP contribution >= 0.6 is 15.9 Å². The molecule has 0 bridgehead atoms. The summed E-state index contributed by atoms with van der Waals surface area (Å²) < 4.78 is 14.2. The second kappa shape index (κ2) is 10.7. The zero-order chi connectivity index (χ0) is 22.2. The van der Waals surface area contributed by atoms with Crippen molar-refractivity contribution in [3.05, 3.63) is 94.2 Å². The van der Waals surface area contributed by atoms with E-state index in [9.17, 15) is 14.0 Å². The first-order chi connectivity index (χ1) is 14.9. The van der Waals surface area contributed by atoms with Crippen LogP contribution in [0.4, 0.5) is 20.6 Å². The number of urea groups is 1. The summed E-state index contributed by atoms with van der Waals surface area (Å²) in [7, 11) is 0. The number of nitrogens with zero attached hydrogens (tertiary/aromatic N) is 1. The van der Waals surface area contributed by atoms with Crippen molar-refractivity contribution >= 4 is 39.2 Å². The van der Waals surface area contributed by atoms with Crippen molar-refractivity contribution in [2.45, 2.75) is 13.3 Å². The van der Waals surface area contributed by atoms with Gasteiger partial charge in [0.1, 0.15) is 5.82 Å². The Morgan fingerprint density at radius 1 is 1.00 bits per heavy atom. The van der Waals surface area contributed by atoms with Crippen LogP contribution in [0.25, 0.3) is 0 Å². The van der Waals surface area contributed by atoms with Crippen LogP contribution < -0.4 is 15.5 Å². The van der Waals surface area contributed by atoms with Gasteiger partial charge in [-0.1, -0.05) is 39.7 Å². The van der Waals surface area contributed by atoms with E-state index in [2.05, 4.69) is 26.6 Å². The fraction of sp³-hybridized carbons (Fsp3) is 0.167. The molecule has 7 heteroatoms. The number of benzene rings is 3. The third kappa shape index (κ3) is 6.65. The maximum atomic E-state index is 13.4. The lowest BCUT2D eigenvalue weighted by atomic mass is 10.2. The molecule has 0 radical (unpaired) electrons. The van der Waals surface area contributed by atoms with Crippen LogP contribution in [0.15, 0.2) is 77.3 Å². The van der Waals surface area contributed by atoms with E-state index < -0.39 is 0 Å². The lowest BCUT2D eigenvalue weighted by molar-refractivity contribution is 0.0953. The Hall–Kier alpha value is -3.19. The van der Waals surface area contributed by atoms with Crippen LogP contribution in [0.3, 0.4) is 0 Å². The van der Waals surface area contributed by atoms with Crippen LogP contribution in [-0.2, 0) is 0 Å². The first kappa shape index (κ1) is 22.5. The van der Waals surface area contributed by atoms with Gasteiger partial charge in [0.25, 0.3) is 5.91 Å². The maximum absolute atomic E-state index is 13.4. The van der Waals surface area contributed by atoms with Gasteiger partial charge in [0, 0.05) is 34.5 Å². The predicted molar refractivity (Wildman–Crippen MR) is 125 cm³/mol. The highest BCUT2D eigenvalue weighted by molar-refractivity contribution is 9.10. The van der Waals surface area contributed by atoms with Gasteiger partial charge in [-0.25, -0.2) is 9.18 Å². The maximum Gasteiger partial charge on any atom is 0.326 e. The topological polar surface area (TPSA) is 61.4 Å². The molecule has 0 saturated heterocycles. The number of halogens is 2. The van der Waals surface area contributed by atoms with E-state index in [-0.39, 0.29) is 17.8 Å². The van der Waals surface area contributed by atoms with Crippen molar-refractivity contribution in [3.8, 4) is 0 Å². The minimum Gasteiger partial charge on any atom is -0.352 e. The summed E-state index contributed by atoms with van der Waals surface area (Å²) in [6.45, 7) is 2.71. The zero-order valence-corrected chi connectivity index (χ0v) is 18.7. The predicted octanol–water partition coefficient (Wildman–Crippen LogP) is 5.76. The van der Waals surface area contributed by atoms with E-state index in [0.29, 0.717) is 36.4 Å². The van der Waals surface area contributed by atoms with Gasteiger partial charge >= 0.3 is 6.03 Å². The van der Waals surface area contributed by atoms with Crippen molar-refractivity contribution < 1.29 is 14.0 Å². The van der Waals surface area contributed by atoms with E-state index in [0.717, 1.165) is 10.0 Å². The van der Waals surface area contributed by atoms with Crippen molar-refractivity contribution in [3.63, 3.8) is 0 Å². The highest BCUT2D eigenvalue weighted by atomic mass is 79.9. The molecule has 3 aromatic carbocycles. The van der Waals surface area contributed by atoms with Crippen LogP contribution in [0.2, 0.25) is 0 Å². The summed E-state index contributed by atoms with van der Waals surface area (Å²) in [4.78, 5) is 26.7. The van der Waals surface area contributed by atoms with Gasteiger partial charge in [-0.3, -0.25) is 9.69 Å². The molecular weight excluding hydrogens is 461 g/mol. The molecule has 0 aliphatic rings. The highest BCUT2D eigenvalue weighted by Gasteiger charge is 2.16. The second-order valence-electron chi connectivity index (χ2n) is 7.04. The summed E-state index contributed by atoms with van der Waals surface area (Å²) in [5.74, 6) is -0.553. The van der Waals surface area contributed by atoms with E-state index >= 15 is 0 Å². The van der Waals surface area contributed by atoms with Crippen LogP contribution in [0, 0.1) is 12.7 Å². The fourth-order valence-corrected chi connectivity index (χ4v) is 3.37. The molecule has 2 N–H and O–H groups in total. The Kier molecular flexibility index (Phi) is 7.78. The van der Waals surface area contributed by atoms with E-state index in [1.807, 2.05) is 37.3 Å². The Balaban J connectivity index is 1.62. The molecule has 3 rings (SSSR count). The van der Waals surface area contributed by atoms with Crippen LogP contribution in [-0.4, -0.2) is 25.0 Å². The molecular formula is C24H23BrFN3O2. The Labute approximate surface area is 189 Å². The van der Waals surface area contributed by atoms with Gasteiger partial charge in [0.2, 0.25) is 0 Å². The number of hydrogen-bond donors (Lipinski definition) is 2. The average molecular weight is 484 g/mol. The SMILES string of the molecule is Cc1ccc(NC(=O)N(CCCNC(=O)c2cccc(Br)c2)c2ccc(F)cc2)cc1. The third-order valence-corrected chi connectivity index (χ3v) is 5.11. The summed E-state index contributed by atoms with van der Waals surface area (Å²) in [6.07, 6.45) is 0.526. The smallest absolute Gasteiger partial charge is 0.326 e. The zero-order valence-electron chi connectivity index (χ0n) is 17.1. The van der Waals surface area contributed by atoms with Gasteiger partial charge in [-0.05, 0) is 67.9 Å². The quantitative estimate of drug-likeness (QED) is 0.420. The normalized spacial score (nSPS) is 10.4. The summed E-state index contributed by atoms with van der Waals surface area (Å²) in [5, 5.41) is 5.72. The Bertz CT molecular complexity index is 1040. The van der Waals surface area contributed by atoms with E-state index in [1.165, 1.54) is 17.0 Å². The molecule has 0 aliphatic carbocycles. The molecule has 0 fully saturated rings. The number of carbonyl (C=O) groups is 2. The monoisotopic (exact) mass is 483 g/mol. The molecule has 0 aromatic heterocycles. The van der Waals surface area contributed by atoms with Gasteiger partial charge in [0.05, 0.1) is 0 Å². The number of amides is 3. The Morgan fingerprint density at radius 2 is 1.71 bits per heavy atom. The van der Waals surface area contributed by atoms with Crippen molar-refractivity contribution in [2.75, 3.05) is 23.3 Å². The lowest BCUT2D eigenvalue weighted by Crippen LogP contribution is -2.37. The molecule has 0 aliphatic heterocycles. The molecule has 0 saturated carbocycles. The van der Waals surface area contributed by atoms with Crippen LogP contribution in [0.5, 0.6) is 0 Å². The largest absolute Gasteiger partial charge is 0.352 e. The van der Waals surface area contributed by atoms with Gasteiger partial charge in [-0.15, -0.1) is 0 Å². The highest BCUT2D eigenvalue weighted by Crippen LogP contribution is 2.18. The number of carbonyl (C=O) groups excluding carboxylic acids is 2. The molecule has 3 amide bonds. The average Bonchev–Trinajstić information content (AvgIpc) is 2.76. The molecule has 0 spiro atoms. The van der Waals surface area contributed by atoms with Gasteiger partial charge in [0.15, 0.2) is 0 Å². The number of hydrogen-bond acceptors (Lipinski definition) is 2. The first-order valence-electron chi connectivity index (χ1n) is 9.87. The molecule has 3 aromatic rings. The standard InChI is InChI=1S/C24H23BrFN3O2/c1-17-6-10-21(11-7-17)28-24(31)29(22-12-8-20(26)9-13-22)15-3-14-27-23(30)18-4-2-5-19(25)16-18/h2,4-13,16H,3,14-15H2,1H3,(H,27,30)(H,28,31). The summed E-state index contributed by atoms with van der Waals surface area (Å²) >= 11 is 3.35. The van der Waals surface area contributed by atoms with Gasteiger partial charge in [-0.2, -0.15) is 0 Å².